The van der Waals surface area contributed by atoms with Crippen LogP contribution in [0.15, 0.2) is 22.3 Å². The summed E-state index contributed by atoms with van der Waals surface area (Å²) in [7, 11) is 0. The molecule has 11 unspecified atom stereocenters. The average Bonchev–Trinajstić information content (AvgIpc) is 2.92. The Balaban J connectivity index is 1.51. The molecule has 0 aliphatic heterocycles. The van der Waals surface area contributed by atoms with E-state index in [-0.39, 0.29) is 11.3 Å². The number of fused-ring (bicyclic) bond motifs is 6. The van der Waals surface area contributed by atoms with Gasteiger partial charge in [-0.25, -0.2) is 0 Å². The van der Waals surface area contributed by atoms with Gasteiger partial charge in [-0.15, -0.1) is 0 Å². The van der Waals surface area contributed by atoms with Crippen LogP contribution in [-0.2, 0) is 4.79 Å². The molecule has 2 nitrogen and oxygen atoms in total. The van der Waals surface area contributed by atoms with E-state index in [0.717, 1.165) is 31.1 Å². The van der Waals surface area contributed by atoms with Crippen molar-refractivity contribution in [2.45, 2.75) is 139 Å². The number of allylic oxidation sites excluding steroid dienone is 4. The Morgan fingerprint density at radius 1 is 0.714 bits per heavy atom. The predicted molar refractivity (Wildman–Crippen MR) is 173 cm³/mol. The quantitative estimate of drug-likeness (QED) is 0.340. The third-order valence-electron chi connectivity index (χ3n) is 16.3. The second-order valence-electron chi connectivity index (χ2n) is 18.7. The number of carboxylic acids is 1. The fraction of sp³-hybridized carbons (Fsp3) is 0.875. The number of carboxylic acid groups (broad SMARTS) is 1. The fourth-order valence-corrected chi connectivity index (χ4v) is 14.8. The molecule has 2 heteroatoms. The van der Waals surface area contributed by atoms with Crippen molar-refractivity contribution in [2.75, 3.05) is 0 Å². The molecule has 11 atom stereocenters. The van der Waals surface area contributed by atoms with E-state index in [2.05, 4.69) is 62.3 Å². The van der Waals surface area contributed by atoms with Crippen molar-refractivity contribution in [3.63, 3.8) is 0 Å². The van der Waals surface area contributed by atoms with Crippen LogP contribution in [0.1, 0.15) is 139 Å². The third kappa shape index (κ3) is 3.59. The molecule has 0 saturated heterocycles. The van der Waals surface area contributed by atoms with Gasteiger partial charge in [0.2, 0.25) is 0 Å². The molecule has 1 N–H and O–H groups in total. The second kappa shape index (κ2) is 9.48. The zero-order valence-electron chi connectivity index (χ0n) is 28.6. The van der Waals surface area contributed by atoms with Crippen molar-refractivity contribution in [1.29, 1.82) is 0 Å². The van der Waals surface area contributed by atoms with Gasteiger partial charge in [0.15, 0.2) is 0 Å². The average molecular weight is 575 g/mol. The maximum Gasteiger partial charge on any atom is 0.309 e. The summed E-state index contributed by atoms with van der Waals surface area (Å²) in [5.41, 5.74) is 7.82. The zero-order chi connectivity index (χ0) is 30.1. The molecule has 7 aliphatic rings. The van der Waals surface area contributed by atoms with Crippen molar-refractivity contribution < 1.29 is 9.90 Å². The van der Waals surface area contributed by atoms with Gasteiger partial charge >= 0.3 is 5.97 Å². The molecule has 7 rings (SSSR count). The number of hydrogen-bond donors (Lipinski definition) is 1. The number of aliphatic carboxylic acids is 1. The van der Waals surface area contributed by atoms with Gasteiger partial charge in [-0.1, -0.05) is 96.9 Å². The molecule has 0 heterocycles. The first kappa shape index (κ1) is 29.6. The Labute approximate surface area is 258 Å². The maximum absolute atomic E-state index is 13.1. The molecule has 0 bridgehead atoms. The zero-order valence-corrected chi connectivity index (χ0v) is 28.6. The minimum absolute atomic E-state index is 0.137. The van der Waals surface area contributed by atoms with Crippen LogP contribution in [0.3, 0.4) is 0 Å². The highest BCUT2D eigenvalue weighted by atomic mass is 16.4. The highest BCUT2D eigenvalue weighted by Crippen LogP contribution is 2.77. The molecular weight excluding hydrogens is 512 g/mol. The van der Waals surface area contributed by atoms with Crippen molar-refractivity contribution in [2.24, 2.45) is 80.8 Å². The molecule has 5 saturated carbocycles. The molecule has 0 amide bonds. The van der Waals surface area contributed by atoms with E-state index in [4.69, 9.17) is 0 Å². The van der Waals surface area contributed by atoms with Gasteiger partial charge in [0.25, 0.3) is 0 Å². The normalized spacial score (nSPS) is 49.3. The van der Waals surface area contributed by atoms with Crippen LogP contribution < -0.4 is 0 Å². The van der Waals surface area contributed by atoms with E-state index in [1.54, 1.807) is 0 Å². The van der Waals surface area contributed by atoms with Gasteiger partial charge in [-0.2, -0.15) is 0 Å². The third-order valence-corrected chi connectivity index (χ3v) is 16.3. The van der Waals surface area contributed by atoms with Crippen molar-refractivity contribution in [3.8, 4) is 0 Å². The summed E-state index contributed by atoms with van der Waals surface area (Å²) < 4.78 is 0. The Kier molecular flexibility index (Phi) is 6.69. The summed E-state index contributed by atoms with van der Waals surface area (Å²) >= 11 is 0. The SMILES string of the molecule is CC(C)C1=C2C3CC4C(C)(C(=O)O)CCCC4(C)C4CCC(C(C)C)=C(C34)C3C2C(CC1)C1(C)CCCCC1C3(C)C. The van der Waals surface area contributed by atoms with E-state index >= 15 is 0 Å². The Hall–Kier alpha value is -1.05. The van der Waals surface area contributed by atoms with Gasteiger partial charge in [0.1, 0.15) is 0 Å². The highest BCUT2D eigenvalue weighted by Gasteiger charge is 2.70. The van der Waals surface area contributed by atoms with Gasteiger partial charge < -0.3 is 5.11 Å². The van der Waals surface area contributed by atoms with Crippen LogP contribution in [-0.4, -0.2) is 11.1 Å². The molecule has 5 fully saturated rings. The number of carbonyl (C=O) groups is 1. The Morgan fingerprint density at radius 2 is 1.29 bits per heavy atom. The molecule has 0 spiro atoms. The predicted octanol–water partition coefficient (Wildman–Crippen LogP) is 10.7. The van der Waals surface area contributed by atoms with Gasteiger partial charge in [-0.3, -0.25) is 4.79 Å². The summed E-state index contributed by atoms with van der Waals surface area (Å²) in [4.78, 5) is 13.1. The summed E-state index contributed by atoms with van der Waals surface area (Å²) in [5, 5.41) is 10.8. The van der Waals surface area contributed by atoms with Gasteiger partial charge in [-0.05, 0) is 140 Å². The molecule has 234 valence electrons. The van der Waals surface area contributed by atoms with Crippen LogP contribution in [0.4, 0.5) is 0 Å². The first-order valence-electron chi connectivity index (χ1n) is 18.4. The summed E-state index contributed by atoms with van der Waals surface area (Å²) in [6, 6.07) is 0. The number of hydrogen-bond acceptors (Lipinski definition) is 1. The molecule has 0 radical (unpaired) electrons. The largest absolute Gasteiger partial charge is 0.481 e. The minimum atomic E-state index is -0.587. The van der Waals surface area contributed by atoms with E-state index in [0.29, 0.717) is 52.3 Å². The van der Waals surface area contributed by atoms with E-state index < -0.39 is 11.4 Å². The monoisotopic (exact) mass is 574 g/mol. The van der Waals surface area contributed by atoms with Crippen molar-refractivity contribution in [1.82, 2.24) is 0 Å². The standard InChI is InChI=1S/C40H62O2/c1-22(2)24-14-17-28-34-31(24)26-21-30-39(8,19-12-20-40(30,9)36(41)42)27-16-15-25(23(3)4)33(32(26)27)35(34)37(5,6)29-13-10-11-18-38(28,29)7/h22-23,26-30,32,34-35H,10-21H2,1-9H3,(H,41,42). The smallest absolute Gasteiger partial charge is 0.309 e. The Morgan fingerprint density at radius 3 is 1.90 bits per heavy atom. The lowest BCUT2D eigenvalue weighted by molar-refractivity contribution is -0.185. The van der Waals surface area contributed by atoms with Gasteiger partial charge in [0.05, 0.1) is 5.41 Å². The molecule has 0 aromatic rings. The second-order valence-corrected chi connectivity index (χ2v) is 18.7. The minimum Gasteiger partial charge on any atom is -0.481 e. The number of rotatable bonds is 3. The van der Waals surface area contributed by atoms with E-state index in [1.165, 1.54) is 57.8 Å². The van der Waals surface area contributed by atoms with Gasteiger partial charge in [0, 0.05) is 0 Å². The summed E-state index contributed by atoms with van der Waals surface area (Å²) in [6.45, 7) is 22.9. The van der Waals surface area contributed by atoms with E-state index in [9.17, 15) is 9.90 Å². The van der Waals surface area contributed by atoms with Crippen LogP contribution >= 0.6 is 0 Å². The highest BCUT2D eigenvalue weighted by molar-refractivity contribution is 5.75. The lowest BCUT2D eigenvalue weighted by atomic mass is 9.31. The maximum atomic E-state index is 13.1. The lowest BCUT2D eigenvalue weighted by Gasteiger charge is -2.73. The Bertz CT molecular complexity index is 1220. The molecular formula is C40H62O2. The van der Waals surface area contributed by atoms with Crippen LogP contribution in [0.5, 0.6) is 0 Å². The first-order valence-corrected chi connectivity index (χ1v) is 18.4. The first-order chi connectivity index (χ1) is 19.7. The summed E-state index contributed by atoms with van der Waals surface area (Å²) in [6.07, 6.45) is 15.2. The van der Waals surface area contributed by atoms with Crippen molar-refractivity contribution in [3.05, 3.63) is 22.3 Å². The summed E-state index contributed by atoms with van der Waals surface area (Å²) in [5.74, 6) is 5.81. The molecule has 0 aromatic heterocycles. The molecule has 7 aliphatic carbocycles. The van der Waals surface area contributed by atoms with Crippen LogP contribution in [0.25, 0.3) is 0 Å². The fourth-order valence-electron chi connectivity index (χ4n) is 14.8. The molecule has 42 heavy (non-hydrogen) atoms. The van der Waals surface area contributed by atoms with Crippen LogP contribution in [0, 0.1) is 80.8 Å². The van der Waals surface area contributed by atoms with Crippen LogP contribution in [0.2, 0.25) is 0 Å². The lowest BCUT2D eigenvalue weighted by Crippen LogP contribution is -2.66. The van der Waals surface area contributed by atoms with Crippen molar-refractivity contribution >= 4 is 5.97 Å². The van der Waals surface area contributed by atoms with E-state index in [1.807, 2.05) is 22.3 Å². The molecule has 0 aromatic carbocycles. The topological polar surface area (TPSA) is 37.3 Å².